The topological polar surface area (TPSA) is 66.5 Å². The molecule has 0 saturated heterocycles. The lowest BCUT2D eigenvalue weighted by Crippen LogP contribution is -2.22. The first kappa shape index (κ1) is 18.4. The fourth-order valence-electron chi connectivity index (χ4n) is 2.05. The van der Waals surface area contributed by atoms with Gasteiger partial charge >= 0.3 is 0 Å². The number of anilines is 1. The van der Waals surface area contributed by atoms with Gasteiger partial charge < -0.3 is 5.32 Å². The van der Waals surface area contributed by atoms with Crippen LogP contribution in [0.3, 0.4) is 0 Å². The molecule has 128 valence electrons. The zero-order chi connectivity index (χ0) is 17.9. The normalized spacial score (nSPS) is 11.5. The molecule has 0 atom stereocenters. The molecule has 0 spiro atoms. The number of halogens is 1. The Hall–Kier alpha value is -1.89. The highest BCUT2D eigenvalue weighted by atomic mass is 35.5. The monoisotopic (exact) mass is 366 g/mol. The number of sulfonamides is 1. The number of nitrogens with zero attached hydrogens (tertiary/aromatic N) is 1. The zero-order valence-electron chi connectivity index (χ0n) is 13.7. The molecule has 0 radical (unpaired) electrons. The number of rotatable bonds is 5. The molecule has 0 aliphatic rings. The minimum Gasteiger partial charge on any atom is -0.326 e. The van der Waals surface area contributed by atoms with Crippen LogP contribution in [0.25, 0.3) is 0 Å². The molecule has 0 heterocycles. The van der Waals surface area contributed by atoms with Crippen molar-refractivity contribution >= 4 is 33.2 Å². The smallest absolute Gasteiger partial charge is 0.242 e. The van der Waals surface area contributed by atoms with Gasteiger partial charge in [0.2, 0.25) is 15.9 Å². The number of hydrogen-bond donors (Lipinski definition) is 1. The number of amides is 1. The molecule has 0 bridgehead atoms. The first-order valence-corrected chi connectivity index (χ1v) is 9.09. The second-order valence-corrected chi connectivity index (χ2v) is 8.18. The highest BCUT2D eigenvalue weighted by Crippen LogP contribution is 2.20. The first-order valence-electron chi connectivity index (χ1n) is 7.27. The van der Waals surface area contributed by atoms with Crippen LogP contribution in [-0.2, 0) is 21.2 Å². The van der Waals surface area contributed by atoms with E-state index in [2.05, 4.69) is 5.32 Å². The lowest BCUT2D eigenvalue weighted by molar-refractivity contribution is -0.115. The fraction of sp³-hybridized carbons (Fsp3) is 0.235. The number of carbonyl (C=O) groups excluding carboxylic acids is 1. The Morgan fingerprint density at radius 2 is 1.75 bits per heavy atom. The maximum absolute atomic E-state index is 12.1. The molecule has 1 N–H and O–H groups in total. The summed E-state index contributed by atoms with van der Waals surface area (Å²) in [6, 6.07) is 11.6. The van der Waals surface area contributed by atoms with Crippen molar-refractivity contribution in [1.82, 2.24) is 4.31 Å². The van der Waals surface area contributed by atoms with Crippen molar-refractivity contribution < 1.29 is 13.2 Å². The average molecular weight is 367 g/mol. The van der Waals surface area contributed by atoms with Gasteiger partial charge in [-0.2, -0.15) is 0 Å². The molecular weight excluding hydrogens is 348 g/mol. The first-order chi connectivity index (χ1) is 11.2. The standard InChI is InChI=1S/C17H19ClN2O3S/c1-12-4-7-14(11-16(12)18)19-17(21)10-13-5-8-15(9-6-13)24(22,23)20(2)3/h4-9,11H,10H2,1-3H3,(H,19,21). The van der Waals surface area contributed by atoms with Crippen molar-refractivity contribution in [2.24, 2.45) is 0 Å². The van der Waals surface area contributed by atoms with Crippen LogP contribution in [0.5, 0.6) is 0 Å². The molecule has 0 aromatic heterocycles. The van der Waals surface area contributed by atoms with E-state index in [1.165, 1.54) is 26.2 Å². The van der Waals surface area contributed by atoms with Crippen LogP contribution in [0.1, 0.15) is 11.1 Å². The number of benzene rings is 2. The summed E-state index contributed by atoms with van der Waals surface area (Å²) in [7, 11) is -0.510. The summed E-state index contributed by atoms with van der Waals surface area (Å²) >= 11 is 6.03. The lowest BCUT2D eigenvalue weighted by Gasteiger charge is -2.11. The van der Waals surface area contributed by atoms with Crippen molar-refractivity contribution in [3.63, 3.8) is 0 Å². The van der Waals surface area contributed by atoms with E-state index in [-0.39, 0.29) is 17.2 Å². The summed E-state index contributed by atoms with van der Waals surface area (Å²) in [6.07, 6.45) is 0.147. The van der Waals surface area contributed by atoms with Crippen LogP contribution >= 0.6 is 11.6 Å². The van der Waals surface area contributed by atoms with Crippen LogP contribution in [0, 0.1) is 6.92 Å². The SMILES string of the molecule is Cc1ccc(NC(=O)Cc2ccc(S(=O)(=O)N(C)C)cc2)cc1Cl. The maximum Gasteiger partial charge on any atom is 0.242 e. The molecule has 2 aromatic carbocycles. The highest BCUT2D eigenvalue weighted by molar-refractivity contribution is 7.89. The summed E-state index contributed by atoms with van der Waals surface area (Å²) in [4.78, 5) is 12.3. The van der Waals surface area contributed by atoms with Gasteiger partial charge in [0.05, 0.1) is 11.3 Å². The number of hydrogen-bond acceptors (Lipinski definition) is 3. The molecule has 1 amide bonds. The molecule has 7 heteroatoms. The third-order valence-electron chi connectivity index (χ3n) is 3.52. The van der Waals surface area contributed by atoms with E-state index in [4.69, 9.17) is 11.6 Å². The van der Waals surface area contributed by atoms with Crippen LogP contribution in [0.15, 0.2) is 47.4 Å². The molecule has 2 aromatic rings. The molecule has 0 unspecified atom stereocenters. The van der Waals surface area contributed by atoms with Crippen molar-refractivity contribution in [2.45, 2.75) is 18.2 Å². The molecule has 0 saturated carbocycles. The van der Waals surface area contributed by atoms with Gasteiger partial charge in [-0.15, -0.1) is 0 Å². The van der Waals surface area contributed by atoms with E-state index in [0.717, 1.165) is 15.4 Å². The molecule has 0 aliphatic carbocycles. The molecule has 0 aliphatic heterocycles. The summed E-state index contributed by atoms with van der Waals surface area (Å²) in [5.74, 6) is -0.196. The summed E-state index contributed by atoms with van der Waals surface area (Å²) in [6.45, 7) is 1.89. The van der Waals surface area contributed by atoms with Gasteiger partial charge in [0.25, 0.3) is 0 Å². The van der Waals surface area contributed by atoms with Gasteiger partial charge in [0, 0.05) is 24.8 Å². The van der Waals surface area contributed by atoms with Crippen LogP contribution in [0.2, 0.25) is 5.02 Å². The van der Waals surface area contributed by atoms with Gasteiger partial charge in [-0.3, -0.25) is 4.79 Å². The molecular formula is C17H19ClN2O3S. The fourth-order valence-corrected chi connectivity index (χ4v) is 3.13. The Morgan fingerprint density at radius 3 is 2.29 bits per heavy atom. The predicted octanol–water partition coefficient (Wildman–Crippen LogP) is 3.08. The quantitative estimate of drug-likeness (QED) is 0.884. The van der Waals surface area contributed by atoms with E-state index in [1.54, 1.807) is 24.3 Å². The molecule has 24 heavy (non-hydrogen) atoms. The second-order valence-electron chi connectivity index (χ2n) is 5.62. The Morgan fingerprint density at radius 1 is 1.12 bits per heavy atom. The highest BCUT2D eigenvalue weighted by Gasteiger charge is 2.16. The summed E-state index contributed by atoms with van der Waals surface area (Å²) < 4.78 is 25.1. The van der Waals surface area contributed by atoms with Gasteiger partial charge in [-0.05, 0) is 42.3 Å². The Kier molecular flexibility index (Phi) is 5.64. The van der Waals surface area contributed by atoms with Gasteiger partial charge in [0.1, 0.15) is 0 Å². The number of aryl methyl sites for hydroxylation is 1. The van der Waals surface area contributed by atoms with Crippen LogP contribution < -0.4 is 5.32 Å². The minimum absolute atomic E-state index is 0.147. The lowest BCUT2D eigenvalue weighted by atomic mass is 10.1. The third kappa shape index (κ3) is 4.35. The summed E-state index contributed by atoms with van der Waals surface area (Å²) in [5, 5.41) is 3.36. The van der Waals surface area contributed by atoms with E-state index in [1.807, 2.05) is 13.0 Å². The van der Waals surface area contributed by atoms with Crippen molar-refractivity contribution in [2.75, 3.05) is 19.4 Å². The van der Waals surface area contributed by atoms with Gasteiger partial charge in [-0.1, -0.05) is 29.8 Å². The summed E-state index contributed by atoms with van der Waals surface area (Å²) in [5.41, 5.74) is 2.29. The Balaban J connectivity index is 2.05. The molecule has 5 nitrogen and oxygen atoms in total. The predicted molar refractivity (Wildman–Crippen MR) is 95.8 cm³/mol. The van der Waals surface area contributed by atoms with E-state index in [9.17, 15) is 13.2 Å². The van der Waals surface area contributed by atoms with E-state index in [0.29, 0.717) is 10.7 Å². The third-order valence-corrected chi connectivity index (χ3v) is 5.76. The van der Waals surface area contributed by atoms with E-state index >= 15 is 0 Å². The van der Waals surface area contributed by atoms with Crippen LogP contribution in [-0.4, -0.2) is 32.7 Å². The maximum atomic E-state index is 12.1. The van der Waals surface area contributed by atoms with Crippen LogP contribution in [0.4, 0.5) is 5.69 Å². The zero-order valence-corrected chi connectivity index (χ0v) is 15.3. The average Bonchev–Trinajstić information content (AvgIpc) is 2.51. The molecule has 0 fully saturated rings. The van der Waals surface area contributed by atoms with Gasteiger partial charge in [-0.25, -0.2) is 12.7 Å². The Labute approximate surface area is 147 Å². The second kappa shape index (κ2) is 7.34. The number of nitrogens with one attached hydrogen (secondary N) is 1. The minimum atomic E-state index is -3.46. The van der Waals surface area contributed by atoms with Crippen molar-refractivity contribution in [1.29, 1.82) is 0 Å². The van der Waals surface area contributed by atoms with Gasteiger partial charge in [0.15, 0.2) is 0 Å². The van der Waals surface area contributed by atoms with Crippen molar-refractivity contribution in [3.8, 4) is 0 Å². The Bertz CT molecular complexity index is 847. The molecule has 2 rings (SSSR count). The van der Waals surface area contributed by atoms with E-state index < -0.39 is 10.0 Å². The largest absolute Gasteiger partial charge is 0.326 e. The van der Waals surface area contributed by atoms with Crippen molar-refractivity contribution in [3.05, 3.63) is 58.6 Å². The number of carbonyl (C=O) groups is 1.